The van der Waals surface area contributed by atoms with Crippen LogP contribution in [0.5, 0.6) is 5.75 Å². The zero-order valence-electron chi connectivity index (χ0n) is 18.1. The van der Waals surface area contributed by atoms with Crippen molar-refractivity contribution in [3.63, 3.8) is 0 Å². The van der Waals surface area contributed by atoms with Crippen LogP contribution in [-0.4, -0.2) is 27.3 Å². The van der Waals surface area contributed by atoms with Gasteiger partial charge in [-0.25, -0.2) is 17.5 Å². The first-order valence-electron chi connectivity index (χ1n) is 11.4. The molecule has 4 rings (SSSR count). The fourth-order valence-electron chi connectivity index (χ4n) is 4.75. The van der Waals surface area contributed by atoms with E-state index in [2.05, 4.69) is 35.9 Å². The molecule has 0 spiro atoms. The van der Waals surface area contributed by atoms with Crippen LogP contribution in [0.1, 0.15) is 55.2 Å². The standard InChI is InChI=1S/C25H32FNO3S/c1-2-6-20-14-21-15-24(26)25(30-12-11-27-31(28,29)17-19-9-10-19)16-23(21)22(20)13-18-7-4-3-5-8-18/h3-5,7-8,15-16,19-20,22,27H,2,6,9-14,17H2,1H3. The highest BCUT2D eigenvalue weighted by molar-refractivity contribution is 7.89. The van der Waals surface area contributed by atoms with E-state index in [1.165, 1.54) is 11.1 Å². The van der Waals surface area contributed by atoms with Gasteiger partial charge >= 0.3 is 0 Å². The maximum atomic E-state index is 14.7. The van der Waals surface area contributed by atoms with Gasteiger partial charge in [-0.2, -0.15) is 0 Å². The maximum absolute atomic E-state index is 14.7. The van der Waals surface area contributed by atoms with Gasteiger partial charge < -0.3 is 4.74 Å². The summed E-state index contributed by atoms with van der Waals surface area (Å²) in [4.78, 5) is 0. The molecule has 1 saturated carbocycles. The van der Waals surface area contributed by atoms with Crippen molar-refractivity contribution in [3.05, 3.63) is 65.0 Å². The zero-order chi connectivity index (χ0) is 21.8. The van der Waals surface area contributed by atoms with Crippen molar-refractivity contribution in [1.82, 2.24) is 4.72 Å². The van der Waals surface area contributed by atoms with Gasteiger partial charge in [0.05, 0.1) is 5.75 Å². The van der Waals surface area contributed by atoms with Gasteiger partial charge in [-0.3, -0.25) is 0 Å². The minimum Gasteiger partial charge on any atom is -0.489 e. The van der Waals surface area contributed by atoms with E-state index in [9.17, 15) is 12.8 Å². The Kier molecular flexibility index (Phi) is 6.97. The Balaban J connectivity index is 1.43. The lowest BCUT2D eigenvalue weighted by Gasteiger charge is -2.21. The molecule has 0 amide bonds. The van der Waals surface area contributed by atoms with E-state index in [1.54, 1.807) is 6.07 Å². The Morgan fingerprint density at radius 3 is 2.65 bits per heavy atom. The Bertz CT molecular complexity index is 989. The van der Waals surface area contributed by atoms with Gasteiger partial charge in [-0.15, -0.1) is 0 Å². The number of benzene rings is 2. The van der Waals surface area contributed by atoms with Crippen molar-refractivity contribution in [3.8, 4) is 5.75 Å². The van der Waals surface area contributed by atoms with Crippen LogP contribution in [0.3, 0.4) is 0 Å². The third kappa shape index (κ3) is 5.86. The maximum Gasteiger partial charge on any atom is 0.211 e. The van der Waals surface area contributed by atoms with Crippen LogP contribution in [-0.2, 0) is 22.9 Å². The van der Waals surface area contributed by atoms with Gasteiger partial charge in [0.25, 0.3) is 0 Å². The number of sulfonamides is 1. The highest BCUT2D eigenvalue weighted by Gasteiger charge is 2.33. The SMILES string of the molecule is CCCC1Cc2cc(F)c(OCCNS(=O)(=O)CC3CC3)cc2C1Cc1ccccc1. The molecule has 0 bridgehead atoms. The Morgan fingerprint density at radius 2 is 1.94 bits per heavy atom. The van der Waals surface area contributed by atoms with E-state index in [0.29, 0.717) is 17.8 Å². The summed E-state index contributed by atoms with van der Waals surface area (Å²) in [6, 6.07) is 13.9. The molecular formula is C25H32FNO3S. The summed E-state index contributed by atoms with van der Waals surface area (Å²) in [5.41, 5.74) is 3.54. The van der Waals surface area contributed by atoms with Crippen molar-refractivity contribution >= 4 is 10.0 Å². The number of hydrogen-bond acceptors (Lipinski definition) is 3. The number of ether oxygens (including phenoxy) is 1. The fraction of sp³-hybridized carbons (Fsp3) is 0.520. The first-order chi connectivity index (χ1) is 14.9. The first kappa shape index (κ1) is 22.3. The van der Waals surface area contributed by atoms with Crippen LogP contribution in [0.15, 0.2) is 42.5 Å². The lowest BCUT2D eigenvalue weighted by molar-refractivity contribution is 0.305. The largest absolute Gasteiger partial charge is 0.489 e. The molecule has 4 nitrogen and oxygen atoms in total. The summed E-state index contributed by atoms with van der Waals surface area (Å²) in [5, 5.41) is 0. The smallest absolute Gasteiger partial charge is 0.211 e. The molecule has 31 heavy (non-hydrogen) atoms. The van der Waals surface area contributed by atoms with E-state index >= 15 is 0 Å². The van der Waals surface area contributed by atoms with Crippen molar-refractivity contribution in [2.24, 2.45) is 11.8 Å². The minimum absolute atomic E-state index is 0.112. The number of halogens is 1. The van der Waals surface area contributed by atoms with Gasteiger partial charge in [-0.05, 0) is 78.7 Å². The summed E-state index contributed by atoms with van der Waals surface area (Å²) < 4.78 is 46.9. The first-order valence-corrected chi connectivity index (χ1v) is 13.1. The third-order valence-corrected chi connectivity index (χ3v) is 7.99. The lowest BCUT2D eigenvalue weighted by atomic mass is 9.84. The molecule has 1 N–H and O–H groups in total. The average molecular weight is 446 g/mol. The fourth-order valence-corrected chi connectivity index (χ4v) is 6.22. The molecule has 1 fully saturated rings. The van der Waals surface area contributed by atoms with Crippen LogP contribution in [0.4, 0.5) is 4.39 Å². The Labute approximate surface area is 185 Å². The van der Waals surface area contributed by atoms with Crippen LogP contribution >= 0.6 is 0 Å². The minimum atomic E-state index is -3.27. The second kappa shape index (κ2) is 9.70. The van der Waals surface area contributed by atoms with Crippen molar-refractivity contribution in [1.29, 1.82) is 0 Å². The monoisotopic (exact) mass is 445 g/mol. The predicted octanol–water partition coefficient (Wildman–Crippen LogP) is 4.83. The van der Waals surface area contributed by atoms with Gasteiger partial charge in [0.1, 0.15) is 6.61 Å². The predicted molar refractivity (Wildman–Crippen MR) is 121 cm³/mol. The zero-order valence-corrected chi connectivity index (χ0v) is 19.0. The van der Waals surface area contributed by atoms with Crippen molar-refractivity contribution in [2.45, 2.75) is 51.4 Å². The average Bonchev–Trinajstić information content (AvgIpc) is 3.48. The molecule has 2 aliphatic carbocycles. The van der Waals surface area contributed by atoms with Crippen LogP contribution in [0.2, 0.25) is 0 Å². The second-order valence-electron chi connectivity index (χ2n) is 9.00. The molecule has 6 heteroatoms. The molecule has 2 aromatic carbocycles. The molecule has 2 unspecified atom stereocenters. The van der Waals surface area contributed by atoms with Crippen LogP contribution in [0, 0.1) is 17.7 Å². The van der Waals surface area contributed by atoms with Crippen LogP contribution < -0.4 is 9.46 Å². The Hall–Kier alpha value is -1.92. The van der Waals surface area contributed by atoms with Crippen molar-refractivity contribution < 1.29 is 17.5 Å². The molecular weight excluding hydrogens is 413 g/mol. The normalized spacial score (nSPS) is 20.6. The number of nitrogens with one attached hydrogen (secondary N) is 1. The molecule has 2 aliphatic rings. The van der Waals surface area contributed by atoms with Crippen LogP contribution in [0.25, 0.3) is 0 Å². The van der Waals surface area contributed by atoms with E-state index in [4.69, 9.17) is 4.74 Å². The summed E-state index contributed by atoms with van der Waals surface area (Å²) in [6.07, 6.45) is 6.04. The quantitative estimate of drug-likeness (QED) is 0.504. The molecule has 2 atom stereocenters. The van der Waals surface area contributed by atoms with E-state index in [0.717, 1.165) is 44.1 Å². The van der Waals surface area contributed by atoms with Crippen molar-refractivity contribution in [2.75, 3.05) is 18.9 Å². The molecule has 168 valence electrons. The number of hydrogen-bond donors (Lipinski definition) is 1. The third-order valence-electron chi connectivity index (χ3n) is 6.44. The molecule has 0 aliphatic heterocycles. The van der Waals surface area contributed by atoms with E-state index < -0.39 is 10.0 Å². The molecule has 0 heterocycles. The van der Waals surface area contributed by atoms with Gasteiger partial charge in [0.15, 0.2) is 11.6 Å². The topological polar surface area (TPSA) is 55.4 Å². The number of fused-ring (bicyclic) bond motifs is 1. The molecule has 0 radical (unpaired) electrons. The summed E-state index contributed by atoms with van der Waals surface area (Å²) in [5.74, 6) is 1.18. The van der Waals surface area contributed by atoms with Gasteiger partial charge in [-0.1, -0.05) is 43.7 Å². The molecule has 0 saturated heterocycles. The second-order valence-corrected chi connectivity index (χ2v) is 10.8. The highest BCUT2D eigenvalue weighted by atomic mass is 32.2. The summed E-state index contributed by atoms with van der Waals surface area (Å²) >= 11 is 0. The van der Waals surface area contributed by atoms with E-state index in [1.807, 2.05) is 12.1 Å². The summed E-state index contributed by atoms with van der Waals surface area (Å²) in [6.45, 7) is 2.46. The lowest BCUT2D eigenvalue weighted by Crippen LogP contribution is -2.31. The molecule has 2 aromatic rings. The summed E-state index contributed by atoms with van der Waals surface area (Å²) in [7, 11) is -3.27. The van der Waals surface area contributed by atoms with Gasteiger partial charge in [0, 0.05) is 6.54 Å². The Morgan fingerprint density at radius 1 is 1.16 bits per heavy atom. The van der Waals surface area contributed by atoms with Gasteiger partial charge in [0.2, 0.25) is 10.0 Å². The van der Waals surface area contributed by atoms with E-state index in [-0.39, 0.29) is 30.5 Å². The number of rotatable bonds is 11. The molecule has 0 aromatic heterocycles. The highest BCUT2D eigenvalue weighted by Crippen LogP contribution is 2.44.